The van der Waals surface area contributed by atoms with E-state index in [9.17, 15) is 22.5 Å². The monoisotopic (exact) mass is 500 g/mol. The van der Waals surface area contributed by atoms with Gasteiger partial charge in [-0.25, -0.2) is 13.1 Å². The summed E-state index contributed by atoms with van der Waals surface area (Å²) >= 11 is 0. The summed E-state index contributed by atoms with van der Waals surface area (Å²) in [6.07, 6.45) is 1.16. The molecule has 0 radical (unpaired) electrons. The Labute approximate surface area is 203 Å². The number of carboxylic acids is 1. The van der Waals surface area contributed by atoms with E-state index >= 15 is 0 Å². The standard InChI is InChI=1S/C25H25FN2O6S/c1-35(32,33)27-17-21-15-19(16-24(29)30)7-12-23(21)34-22-10-8-20(9-11-22)25(31)28(26)14-13-18-5-3-2-4-6-18/h2-12,15,27H,13-14,16-17H2,1H3,(H,29,30). The van der Waals surface area contributed by atoms with E-state index in [1.807, 2.05) is 30.3 Å². The summed E-state index contributed by atoms with van der Waals surface area (Å²) in [5, 5.41) is 9.19. The van der Waals surface area contributed by atoms with Crippen LogP contribution in [0.2, 0.25) is 0 Å². The molecule has 8 nitrogen and oxygen atoms in total. The molecule has 0 spiro atoms. The third kappa shape index (κ3) is 8.20. The van der Waals surface area contributed by atoms with Crippen LogP contribution in [0.25, 0.3) is 0 Å². The zero-order valence-corrected chi connectivity index (χ0v) is 19.8. The molecule has 0 bridgehead atoms. The van der Waals surface area contributed by atoms with Gasteiger partial charge < -0.3 is 9.84 Å². The van der Waals surface area contributed by atoms with E-state index in [4.69, 9.17) is 9.84 Å². The van der Waals surface area contributed by atoms with Crippen LogP contribution in [0.15, 0.2) is 72.8 Å². The lowest BCUT2D eigenvalue weighted by atomic mass is 10.1. The van der Waals surface area contributed by atoms with Crippen molar-refractivity contribution in [3.05, 3.63) is 95.1 Å². The van der Waals surface area contributed by atoms with Gasteiger partial charge in [-0.1, -0.05) is 46.9 Å². The number of aliphatic carboxylic acids is 1. The average molecular weight is 501 g/mol. The second-order valence-electron chi connectivity index (χ2n) is 7.86. The fraction of sp³-hybridized carbons (Fsp3) is 0.200. The van der Waals surface area contributed by atoms with Crippen LogP contribution in [0.5, 0.6) is 11.5 Å². The summed E-state index contributed by atoms with van der Waals surface area (Å²) in [5.74, 6) is -1.15. The molecule has 0 saturated heterocycles. The highest BCUT2D eigenvalue weighted by Crippen LogP contribution is 2.27. The number of hydrogen-bond acceptors (Lipinski definition) is 5. The Morgan fingerprint density at radius 3 is 2.31 bits per heavy atom. The van der Waals surface area contributed by atoms with Gasteiger partial charge in [0.1, 0.15) is 11.5 Å². The highest BCUT2D eigenvalue weighted by molar-refractivity contribution is 7.88. The Morgan fingerprint density at radius 1 is 1.00 bits per heavy atom. The maximum atomic E-state index is 14.3. The SMILES string of the molecule is CS(=O)(=O)NCc1cc(CC(=O)O)ccc1Oc1ccc(C(=O)N(F)CCc2ccccc2)cc1. The molecule has 3 aromatic rings. The van der Waals surface area contributed by atoms with E-state index in [0.717, 1.165) is 11.8 Å². The molecule has 3 rings (SSSR count). The number of nitrogens with one attached hydrogen (secondary N) is 1. The van der Waals surface area contributed by atoms with Crippen molar-refractivity contribution >= 4 is 21.9 Å². The topological polar surface area (TPSA) is 113 Å². The van der Waals surface area contributed by atoms with Crippen LogP contribution in [-0.2, 0) is 34.2 Å². The molecule has 2 N–H and O–H groups in total. The van der Waals surface area contributed by atoms with Crippen molar-refractivity contribution in [2.45, 2.75) is 19.4 Å². The molecule has 1 amide bonds. The first-order valence-corrected chi connectivity index (χ1v) is 12.6. The highest BCUT2D eigenvalue weighted by Gasteiger charge is 2.16. The number of benzene rings is 3. The lowest BCUT2D eigenvalue weighted by molar-refractivity contribution is -0.136. The molecule has 0 unspecified atom stereocenters. The fourth-order valence-corrected chi connectivity index (χ4v) is 3.69. The van der Waals surface area contributed by atoms with Gasteiger partial charge >= 0.3 is 5.97 Å². The molecule has 0 atom stereocenters. The predicted octanol–water partition coefficient (Wildman–Crippen LogP) is 3.72. The smallest absolute Gasteiger partial charge is 0.307 e. The molecular formula is C25H25FN2O6S. The van der Waals surface area contributed by atoms with Crippen molar-refractivity contribution in [3.8, 4) is 11.5 Å². The van der Waals surface area contributed by atoms with E-state index in [0.29, 0.717) is 29.0 Å². The average Bonchev–Trinajstić information content (AvgIpc) is 2.82. The van der Waals surface area contributed by atoms with Crippen molar-refractivity contribution in [3.63, 3.8) is 0 Å². The normalized spacial score (nSPS) is 11.1. The van der Waals surface area contributed by atoms with E-state index in [1.54, 1.807) is 18.2 Å². The van der Waals surface area contributed by atoms with Crippen LogP contribution in [0.1, 0.15) is 27.0 Å². The molecular weight excluding hydrogens is 475 g/mol. The van der Waals surface area contributed by atoms with Gasteiger partial charge in [0.05, 0.1) is 19.2 Å². The molecule has 0 heterocycles. The molecule has 0 fully saturated rings. The summed E-state index contributed by atoms with van der Waals surface area (Å²) in [6, 6.07) is 19.8. The molecule has 10 heteroatoms. The molecule has 35 heavy (non-hydrogen) atoms. The summed E-state index contributed by atoms with van der Waals surface area (Å²) in [5.41, 5.74) is 1.98. The van der Waals surface area contributed by atoms with E-state index in [2.05, 4.69) is 4.72 Å². The molecule has 0 saturated carbocycles. The number of sulfonamides is 1. The van der Waals surface area contributed by atoms with Gasteiger partial charge in [-0.2, -0.15) is 5.12 Å². The molecule has 0 aliphatic carbocycles. The summed E-state index contributed by atoms with van der Waals surface area (Å²) < 4.78 is 45.5. The third-order valence-electron chi connectivity index (χ3n) is 4.99. The Balaban J connectivity index is 1.69. The van der Waals surface area contributed by atoms with Crippen LogP contribution in [0.4, 0.5) is 4.48 Å². The lowest BCUT2D eigenvalue weighted by Crippen LogP contribution is -2.25. The number of rotatable bonds is 11. The number of hydrogen-bond donors (Lipinski definition) is 2. The fourth-order valence-electron chi connectivity index (χ4n) is 3.27. The maximum Gasteiger partial charge on any atom is 0.307 e. The van der Waals surface area contributed by atoms with Gasteiger partial charge in [-0.3, -0.25) is 9.59 Å². The zero-order valence-electron chi connectivity index (χ0n) is 19.0. The summed E-state index contributed by atoms with van der Waals surface area (Å²) in [6.45, 7) is -0.184. The van der Waals surface area contributed by atoms with Crippen LogP contribution in [0.3, 0.4) is 0 Å². The minimum atomic E-state index is -3.49. The van der Waals surface area contributed by atoms with Gasteiger partial charge in [-0.15, -0.1) is 0 Å². The van der Waals surface area contributed by atoms with Gasteiger partial charge in [-0.05, 0) is 47.9 Å². The van der Waals surface area contributed by atoms with Crippen molar-refractivity contribution in [1.29, 1.82) is 0 Å². The highest BCUT2D eigenvalue weighted by atomic mass is 32.2. The third-order valence-corrected chi connectivity index (χ3v) is 5.66. The number of carbonyl (C=O) groups is 2. The molecule has 0 aliphatic rings. The van der Waals surface area contributed by atoms with Gasteiger partial charge in [0, 0.05) is 17.7 Å². The van der Waals surface area contributed by atoms with Gasteiger partial charge in [0.25, 0.3) is 5.91 Å². The number of ether oxygens (including phenoxy) is 1. The second kappa shape index (κ2) is 11.6. The molecule has 3 aromatic carbocycles. The van der Waals surface area contributed by atoms with Crippen LogP contribution >= 0.6 is 0 Å². The van der Waals surface area contributed by atoms with Crippen LogP contribution in [0, 0.1) is 0 Å². The Hall–Kier alpha value is -3.76. The van der Waals surface area contributed by atoms with Crippen molar-refractivity contribution < 1.29 is 32.3 Å². The Kier molecular flexibility index (Phi) is 8.56. The molecule has 0 aliphatic heterocycles. The summed E-state index contributed by atoms with van der Waals surface area (Å²) in [4.78, 5) is 23.4. The first-order valence-electron chi connectivity index (χ1n) is 10.7. The second-order valence-corrected chi connectivity index (χ2v) is 9.69. The van der Waals surface area contributed by atoms with Crippen molar-refractivity contribution in [2.24, 2.45) is 0 Å². The molecule has 0 aromatic heterocycles. The van der Waals surface area contributed by atoms with Gasteiger partial charge in [0.2, 0.25) is 10.0 Å². The minimum absolute atomic E-state index is 0.0829. The van der Waals surface area contributed by atoms with Gasteiger partial charge in [0.15, 0.2) is 0 Å². The number of carbonyl (C=O) groups excluding carboxylic acids is 1. The first kappa shape index (κ1) is 25.9. The maximum absolute atomic E-state index is 14.3. The van der Waals surface area contributed by atoms with E-state index in [-0.39, 0.29) is 30.2 Å². The Morgan fingerprint density at radius 2 is 1.69 bits per heavy atom. The number of amides is 1. The van der Waals surface area contributed by atoms with Crippen LogP contribution in [-0.4, -0.2) is 43.3 Å². The minimum Gasteiger partial charge on any atom is -0.481 e. The summed E-state index contributed by atoms with van der Waals surface area (Å²) in [7, 11) is -3.49. The Bertz CT molecular complexity index is 1280. The number of carboxylic acid groups (broad SMARTS) is 1. The largest absolute Gasteiger partial charge is 0.481 e. The van der Waals surface area contributed by atoms with Crippen molar-refractivity contribution in [1.82, 2.24) is 9.84 Å². The molecule has 184 valence electrons. The van der Waals surface area contributed by atoms with E-state index in [1.165, 1.54) is 24.3 Å². The van der Waals surface area contributed by atoms with Crippen molar-refractivity contribution in [2.75, 3.05) is 12.8 Å². The lowest BCUT2D eigenvalue weighted by Gasteiger charge is -2.14. The first-order chi connectivity index (χ1) is 16.6. The predicted molar refractivity (Wildman–Crippen MR) is 128 cm³/mol. The number of halogens is 1. The van der Waals surface area contributed by atoms with Crippen LogP contribution < -0.4 is 9.46 Å². The van der Waals surface area contributed by atoms with E-state index < -0.39 is 21.9 Å². The quantitative estimate of drug-likeness (QED) is 0.388. The zero-order chi connectivity index (χ0) is 25.4. The number of nitrogens with zero attached hydrogens (tertiary/aromatic N) is 1.